The summed E-state index contributed by atoms with van der Waals surface area (Å²) in [7, 11) is -3.74. The molecular formula is C11H11N3O4S. The van der Waals surface area contributed by atoms with Crippen molar-refractivity contribution in [3.63, 3.8) is 0 Å². The van der Waals surface area contributed by atoms with Gasteiger partial charge in [-0.15, -0.1) is 0 Å². The Hall–Kier alpha value is -2.35. The molecule has 8 heteroatoms. The van der Waals surface area contributed by atoms with Gasteiger partial charge in [-0.1, -0.05) is 0 Å². The highest BCUT2D eigenvalue weighted by molar-refractivity contribution is 7.92. The Morgan fingerprint density at radius 1 is 1.42 bits per heavy atom. The van der Waals surface area contributed by atoms with Crippen LogP contribution in [0.2, 0.25) is 0 Å². The van der Waals surface area contributed by atoms with Gasteiger partial charge in [-0.2, -0.15) is 8.42 Å². The molecule has 7 nitrogen and oxygen atoms in total. The van der Waals surface area contributed by atoms with Crippen LogP contribution < -0.4 is 4.72 Å². The minimum atomic E-state index is -3.74. The number of carboxylic acid groups (broad SMARTS) is 1. The first kappa shape index (κ1) is 13.1. The topological polar surface area (TPSA) is 112 Å². The number of H-pyrrole nitrogens is 1. The molecule has 0 aliphatic heterocycles. The van der Waals surface area contributed by atoms with Crippen molar-refractivity contribution in [1.82, 2.24) is 9.97 Å². The first-order chi connectivity index (χ1) is 8.90. The van der Waals surface area contributed by atoms with Crippen molar-refractivity contribution in [3.05, 3.63) is 41.9 Å². The third-order valence-electron chi connectivity index (χ3n) is 2.47. The molecule has 0 aliphatic rings. The number of aromatic nitrogens is 2. The quantitative estimate of drug-likeness (QED) is 0.780. The van der Waals surface area contributed by atoms with Crippen molar-refractivity contribution in [3.8, 4) is 0 Å². The maximum absolute atomic E-state index is 11.9. The van der Waals surface area contributed by atoms with E-state index in [0.717, 1.165) is 0 Å². The van der Waals surface area contributed by atoms with Crippen molar-refractivity contribution in [2.45, 2.75) is 11.9 Å². The second-order valence-corrected chi connectivity index (χ2v) is 5.51. The molecule has 0 unspecified atom stereocenters. The molecule has 1 aromatic heterocycles. The predicted octanol–water partition coefficient (Wildman–Crippen LogP) is 1.22. The SMILES string of the molecule is Cc1cc(NS(=O)(=O)c2cnc[nH]2)ccc1C(=O)O. The first-order valence-electron chi connectivity index (χ1n) is 5.25. The molecule has 3 N–H and O–H groups in total. The van der Waals surface area contributed by atoms with Crippen LogP contribution in [0.1, 0.15) is 15.9 Å². The number of sulfonamides is 1. The summed E-state index contributed by atoms with van der Waals surface area (Å²) in [6, 6.07) is 4.20. The first-order valence-corrected chi connectivity index (χ1v) is 6.73. The van der Waals surface area contributed by atoms with Gasteiger partial charge in [-0.25, -0.2) is 9.78 Å². The fourth-order valence-corrected chi connectivity index (χ4v) is 2.52. The van der Waals surface area contributed by atoms with Gasteiger partial charge in [-0.3, -0.25) is 4.72 Å². The van der Waals surface area contributed by atoms with E-state index in [1.807, 2.05) is 0 Å². The van der Waals surface area contributed by atoms with Crippen LogP contribution in [0.5, 0.6) is 0 Å². The maximum Gasteiger partial charge on any atom is 0.335 e. The van der Waals surface area contributed by atoms with E-state index in [1.54, 1.807) is 6.92 Å². The van der Waals surface area contributed by atoms with Gasteiger partial charge >= 0.3 is 5.97 Å². The Kier molecular flexibility index (Phi) is 3.26. The minimum absolute atomic E-state index is 0.0625. The molecule has 0 amide bonds. The molecule has 0 atom stereocenters. The lowest BCUT2D eigenvalue weighted by Gasteiger charge is -2.08. The third-order valence-corrected chi connectivity index (χ3v) is 3.78. The molecule has 2 aromatic rings. The lowest BCUT2D eigenvalue weighted by molar-refractivity contribution is 0.0696. The predicted molar refractivity (Wildman–Crippen MR) is 67.5 cm³/mol. The molecular weight excluding hydrogens is 270 g/mol. The van der Waals surface area contributed by atoms with Gasteiger partial charge in [0.25, 0.3) is 10.0 Å². The molecule has 0 bridgehead atoms. The minimum Gasteiger partial charge on any atom is -0.478 e. The Morgan fingerprint density at radius 2 is 2.16 bits per heavy atom. The van der Waals surface area contributed by atoms with E-state index in [-0.39, 0.29) is 16.3 Å². The van der Waals surface area contributed by atoms with Crippen LogP contribution in [0.4, 0.5) is 5.69 Å². The van der Waals surface area contributed by atoms with E-state index in [1.165, 1.54) is 30.7 Å². The van der Waals surface area contributed by atoms with Crippen LogP contribution >= 0.6 is 0 Å². The summed E-state index contributed by atoms with van der Waals surface area (Å²) in [5.74, 6) is -1.06. The summed E-state index contributed by atoms with van der Waals surface area (Å²) in [5.41, 5.74) is 0.888. The average molecular weight is 281 g/mol. The largest absolute Gasteiger partial charge is 0.478 e. The van der Waals surface area contributed by atoms with Gasteiger partial charge < -0.3 is 10.1 Å². The van der Waals surface area contributed by atoms with Crippen LogP contribution in [-0.2, 0) is 10.0 Å². The number of rotatable bonds is 4. The number of hydrogen-bond acceptors (Lipinski definition) is 4. The van der Waals surface area contributed by atoms with Crippen molar-refractivity contribution < 1.29 is 18.3 Å². The van der Waals surface area contributed by atoms with E-state index in [9.17, 15) is 13.2 Å². The number of benzene rings is 1. The summed E-state index contributed by atoms with van der Waals surface area (Å²) < 4.78 is 26.1. The molecule has 0 spiro atoms. The molecule has 0 saturated heterocycles. The molecule has 0 radical (unpaired) electrons. The monoisotopic (exact) mass is 281 g/mol. The summed E-state index contributed by atoms with van der Waals surface area (Å²) in [6.07, 6.45) is 2.44. The zero-order valence-corrected chi connectivity index (χ0v) is 10.7. The van der Waals surface area contributed by atoms with Gasteiger partial charge in [0, 0.05) is 5.69 Å². The number of aromatic carboxylic acids is 1. The molecule has 0 fully saturated rings. The van der Waals surface area contributed by atoms with Crippen molar-refractivity contribution in [1.29, 1.82) is 0 Å². The Labute approximate surface area is 109 Å². The molecule has 2 rings (SSSR count). The fourth-order valence-electron chi connectivity index (χ4n) is 1.57. The number of hydrogen-bond donors (Lipinski definition) is 3. The number of imidazole rings is 1. The standard InChI is InChI=1S/C11H11N3O4S/c1-7-4-8(2-3-9(7)11(15)16)14-19(17,18)10-5-12-6-13-10/h2-6,14H,1H3,(H,12,13)(H,15,16). The third kappa shape index (κ3) is 2.74. The van der Waals surface area contributed by atoms with E-state index >= 15 is 0 Å². The Bertz CT molecular complexity index is 708. The maximum atomic E-state index is 11.9. The summed E-state index contributed by atoms with van der Waals surface area (Å²) in [5, 5.41) is 8.82. The molecule has 1 aromatic carbocycles. The number of aromatic amines is 1. The smallest absolute Gasteiger partial charge is 0.335 e. The van der Waals surface area contributed by atoms with Gasteiger partial charge in [0.15, 0.2) is 5.03 Å². The highest BCUT2D eigenvalue weighted by Gasteiger charge is 2.16. The second kappa shape index (κ2) is 4.73. The summed E-state index contributed by atoms with van der Waals surface area (Å²) >= 11 is 0. The summed E-state index contributed by atoms with van der Waals surface area (Å²) in [4.78, 5) is 17.0. The molecule has 19 heavy (non-hydrogen) atoms. The van der Waals surface area contributed by atoms with Gasteiger partial charge in [0.2, 0.25) is 0 Å². The molecule has 0 saturated carbocycles. The van der Waals surface area contributed by atoms with Crippen molar-refractivity contribution in [2.75, 3.05) is 4.72 Å². The van der Waals surface area contributed by atoms with Gasteiger partial charge in [0.1, 0.15) is 0 Å². The molecule has 100 valence electrons. The Balaban J connectivity index is 2.30. The molecule has 1 heterocycles. The van der Waals surface area contributed by atoms with Crippen LogP contribution in [-0.4, -0.2) is 29.5 Å². The van der Waals surface area contributed by atoms with E-state index in [4.69, 9.17) is 5.11 Å². The van der Waals surface area contributed by atoms with Crippen LogP contribution in [0, 0.1) is 6.92 Å². The number of nitrogens with one attached hydrogen (secondary N) is 2. The van der Waals surface area contributed by atoms with E-state index in [0.29, 0.717) is 5.56 Å². The molecule has 0 aliphatic carbocycles. The number of carbonyl (C=O) groups is 1. The highest BCUT2D eigenvalue weighted by Crippen LogP contribution is 2.18. The lowest BCUT2D eigenvalue weighted by atomic mass is 10.1. The highest BCUT2D eigenvalue weighted by atomic mass is 32.2. The average Bonchev–Trinajstić information content (AvgIpc) is 2.81. The van der Waals surface area contributed by atoms with Crippen LogP contribution in [0.25, 0.3) is 0 Å². The Morgan fingerprint density at radius 3 is 2.68 bits per heavy atom. The van der Waals surface area contributed by atoms with E-state index in [2.05, 4.69) is 14.7 Å². The van der Waals surface area contributed by atoms with E-state index < -0.39 is 16.0 Å². The van der Waals surface area contributed by atoms with Gasteiger partial charge in [0.05, 0.1) is 18.1 Å². The normalized spacial score (nSPS) is 11.2. The lowest BCUT2D eigenvalue weighted by Crippen LogP contribution is -2.13. The number of aryl methyl sites for hydroxylation is 1. The number of anilines is 1. The number of carboxylic acids is 1. The zero-order chi connectivity index (χ0) is 14.0. The van der Waals surface area contributed by atoms with Crippen LogP contribution in [0.3, 0.4) is 0 Å². The van der Waals surface area contributed by atoms with Crippen molar-refractivity contribution in [2.24, 2.45) is 0 Å². The summed E-state index contributed by atoms with van der Waals surface area (Å²) in [6.45, 7) is 1.59. The second-order valence-electron chi connectivity index (χ2n) is 3.86. The van der Waals surface area contributed by atoms with Crippen molar-refractivity contribution >= 4 is 21.7 Å². The number of nitrogens with zero attached hydrogens (tertiary/aromatic N) is 1. The fraction of sp³-hybridized carbons (Fsp3) is 0.0909. The van der Waals surface area contributed by atoms with Gasteiger partial charge in [-0.05, 0) is 30.7 Å². The van der Waals surface area contributed by atoms with Crippen LogP contribution in [0.15, 0.2) is 35.7 Å². The zero-order valence-electron chi connectivity index (χ0n) is 9.91.